The zero-order valence-electron chi connectivity index (χ0n) is 17.3. The molecule has 1 saturated heterocycles. The maximum absolute atomic E-state index is 5.42. The minimum absolute atomic E-state index is 0.361. The number of nitrogens with one attached hydrogen (secondary N) is 2. The Bertz CT molecular complexity index is 566. The Labute approximate surface area is 168 Å². The van der Waals surface area contributed by atoms with Crippen LogP contribution in [0, 0.1) is 5.41 Å². The molecule has 7 heteroatoms. The van der Waals surface area contributed by atoms with Crippen molar-refractivity contribution in [2.45, 2.75) is 32.1 Å². The first-order valence-electron chi connectivity index (χ1n) is 10.6. The number of morpholine rings is 1. The number of furan rings is 1. The summed E-state index contributed by atoms with van der Waals surface area (Å²) in [4.78, 5) is 7.36. The second-order valence-electron chi connectivity index (χ2n) is 7.90. The molecule has 2 aliphatic rings. The van der Waals surface area contributed by atoms with Gasteiger partial charge in [-0.15, -0.1) is 0 Å². The number of guanidine groups is 1. The Morgan fingerprint density at radius 3 is 2.79 bits per heavy atom. The second kappa shape index (κ2) is 11.4. The monoisotopic (exact) mass is 392 g/mol. The van der Waals surface area contributed by atoms with E-state index in [-0.39, 0.29) is 0 Å². The van der Waals surface area contributed by atoms with E-state index >= 15 is 0 Å². The summed E-state index contributed by atoms with van der Waals surface area (Å²) >= 11 is 0. The molecule has 1 aliphatic heterocycles. The largest absolute Gasteiger partial charge is 0.469 e. The predicted molar refractivity (Wildman–Crippen MR) is 111 cm³/mol. The van der Waals surface area contributed by atoms with E-state index in [1.165, 1.54) is 12.8 Å². The van der Waals surface area contributed by atoms with E-state index in [2.05, 4.69) is 15.5 Å². The summed E-state index contributed by atoms with van der Waals surface area (Å²) in [5.41, 5.74) is 0.361. The second-order valence-corrected chi connectivity index (χ2v) is 7.90. The summed E-state index contributed by atoms with van der Waals surface area (Å²) in [6.07, 6.45) is 7.31. The highest BCUT2D eigenvalue weighted by Gasteiger charge is 2.41. The molecule has 1 saturated carbocycles. The van der Waals surface area contributed by atoms with Crippen LogP contribution in [0.3, 0.4) is 0 Å². The lowest BCUT2D eigenvalue weighted by molar-refractivity contribution is 0.0376. The maximum Gasteiger partial charge on any atom is 0.191 e. The van der Waals surface area contributed by atoms with Gasteiger partial charge in [0.15, 0.2) is 5.96 Å². The molecule has 0 atom stereocenters. The Hall–Kier alpha value is -1.57. The number of hydrogen-bond donors (Lipinski definition) is 2. The highest BCUT2D eigenvalue weighted by atomic mass is 16.5. The maximum atomic E-state index is 5.42. The zero-order chi connectivity index (χ0) is 19.5. The summed E-state index contributed by atoms with van der Waals surface area (Å²) < 4.78 is 16.1. The molecule has 1 aliphatic carbocycles. The summed E-state index contributed by atoms with van der Waals surface area (Å²) in [7, 11) is 1.77. The Morgan fingerprint density at radius 1 is 1.25 bits per heavy atom. The molecule has 3 rings (SSSR count). The van der Waals surface area contributed by atoms with E-state index in [4.69, 9.17) is 18.9 Å². The highest BCUT2D eigenvalue weighted by molar-refractivity contribution is 5.79. The zero-order valence-corrected chi connectivity index (χ0v) is 17.3. The van der Waals surface area contributed by atoms with Crippen molar-refractivity contribution >= 4 is 5.96 Å². The standard InChI is InChI=1S/C21H36N4O3/c1-26-15-8-21(6-7-21)18-24-20(23-10-5-19-4-2-14-28-19)22-9-3-11-25-12-16-27-17-13-25/h2,4,14H,3,5-13,15-18H2,1H3,(H2,22,23,24). The first-order chi connectivity index (χ1) is 13.8. The molecule has 0 unspecified atom stereocenters. The van der Waals surface area contributed by atoms with E-state index in [1.807, 2.05) is 12.1 Å². The number of ether oxygens (including phenoxy) is 2. The molecular weight excluding hydrogens is 356 g/mol. The molecule has 0 bridgehead atoms. The van der Waals surface area contributed by atoms with Crippen LogP contribution in [-0.2, 0) is 15.9 Å². The molecule has 158 valence electrons. The lowest BCUT2D eigenvalue weighted by atomic mass is 10.0. The van der Waals surface area contributed by atoms with Crippen molar-refractivity contribution in [1.82, 2.24) is 15.5 Å². The third-order valence-corrected chi connectivity index (χ3v) is 5.66. The van der Waals surface area contributed by atoms with Gasteiger partial charge in [-0.2, -0.15) is 0 Å². The molecule has 7 nitrogen and oxygen atoms in total. The molecule has 0 spiro atoms. The summed E-state index contributed by atoms with van der Waals surface area (Å²) in [5, 5.41) is 6.98. The van der Waals surface area contributed by atoms with Crippen LogP contribution in [0.5, 0.6) is 0 Å². The smallest absolute Gasteiger partial charge is 0.191 e. The molecular formula is C21H36N4O3. The van der Waals surface area contributed by atoms with Crippen LogP contribution >= 0.6 is 0 Å². The SMILES string of the molecule is COCCC1(CN=C(NCCCN2CCOCC2)NCCc2ccco2)CC1. The van der Waals surface area contributed by atoms with Crippen molar-refractivity contribution in [3.05, 3.63) is 24.2 Å². The van der Waals surface area contributed by atoms with Gasteiger partial charge >= 0.3 is 0 Å². The van der Waals surface area contributed by atoms with E-state index in [1.54, 1.807) is 13.4 Å². The van der Waals surface area contributed by atoms with Crippen LogP contribution in [0.1, 0.15) is 31.4 Å². The van der Waals surface area contributed by atoms with Crippen LogP contribution in [0.2, 0.25) is 0 Å². The fourth-order valence-electron chi connectivity index (χ4n) is 3.50. The minimum atomic E-state index is 0.361. The van der Waals surface area contributed by atoms with Crippen molar-refractivity contribution in [3.8, 4) is 0 Å². The Kier molecular flexibility index (Phi) is 8.64. The Morgan fingerprint density at radius 2 is 2.07 bits per heavy atom. The summed E-state index contributed by atoms with van der Waals surface area (Å²) in [6.45, 7) is 8.35. The normalized spacial score (nSPS) is 19.5. The molecule has 0 aromatic carbocycles. The lowest BCUT2D eigenvalue weighted by Crippen LogP contribution is -2.41. The van der Waals surface area contributed by atoms with Gasteiger partial charge in [0, 0.05) is 52.9 Å². The van der Waals surface area contributed by atoms with Gasteiger partial charge in [-0.25, -0.2) is 0 Å². The van der Waals surface area contributed by atoms with Gasteiger partial charge in [0.2, 0.25) is 0 Å². The summed E-state index contributed by atoms with van der Waals surface area (Å²) in [6, 6.07) is 3.94. The quantitative estimate of drug-likeness (QED) is 0.322. The molecule has 28 heavy (non-hydrogen) atoms. The van der Waals surface area contributed by atoms with Gasteiger partial charge < -0.3 is 24.5 Å². The first-order valence-corrected chi connectivity index (χ1v) is 10.6. The van der Waals surface area contributed by atoms with E-state index in [0.29, 0.717) is 5.41 Å². The van der Waals surface area contributed by atoms with Crippen molar-refractivity contribution < 1.29 is 13.9 Å². The highest BCUT2D eigenvalue weighted by Crippen LogP contribution is 2.48. The van der Waals surface area contributed by atoms with E-state index < -0.39 is 0 Å². The average Bonchev–Trinajstić information content (AvgIpc) is 3.31. The molecule has 0 radical (unpaired) electrons. The molecule has 2 heterocycles. The number of aliphatic imine (C=N–C) groups is 1. The number of rotatable bonds is 12. The fourth-order valence-corrected chi connectivity index (χ4v) is 3.50. The lowest BCUT2D eigenvalue weighted by Gasteiger charge is -2.26. The third-order valence-electron chi connectivity index (χ3n) is 5.66. The van der Waals surface area contributed by atoms with Crippen LogP contribution in [0.25, 0.3) is 0 Å². The van der Waals surface area contributed by atoms with Gasteiger partial charge in [-0.1, -0.05) is 0 Å². The number of methoxy groups -OCH3 is 1. The van der Waals surface area contributed by atoms with Gasteiger partial charge in [-0.05, 0) is 49.8 Å². The fraction of sp³-hybridized carbons (Fsp3) is 0.762. The molecule has 0 amide bonds. The van der Waals surface area contributed by atoms with E-state index in [0.717, 1.165) is 90.1 Å². The first kappa shape index (κ1) is 21.1. The third kappa shape index (κ3) is 7.45. The van der Waals surface area contributed by atoms with Crippen LogP contribution in [0.4, 0.5) is 0 Å². The topological polar surface area (TPSA) is 71.3 Å². The van der Waals surface area contributed by atoms with Gasteiger partial charge in [-0.3, -0.25) is 9.89 Å². The minimum Gasteiger partial charge on any atom is -0.469 e. The molecule has 2 N–H and O–H groups in total. The van der Waals surface area contributed by atoms with Crippen molar-refractivity contribution in [2.75, 3.05) is 66.2 Å². The Balaban J connectivity index is 1.42. The van der Waals surface area contributed by atoms with Crippen molar-refractivity contribution in [3.63, 3.8) is 0 Å². The van der Waals surface area contributed by atoms with Crippen molar-refractivity contribution in [1.29, 1.82) is 0 Å². The molecule has 1 aromatic heterocycles. The molecule has 2 fully saturated rings. The van der Waals surface area contributed by atoms with Gasteiger partial charge in [0.25, 0.3) is 0 Å². The number of nitrogens with zero attached hydrogens (tertiary/aromatic N) is 2. The van der Waals surface area contributed by atoms with Crippen LogP contribution < -0.4 is 10.6 Å². The molecule has 1 aromatic rings. The number of hydrogen-bond acceptors (Lipinski definition) is 5. The average molecular weight is 393 g/mol. The summed E-state index contributed by atoms with van der Waals surface area (Å²) in [5.74, 6) is 1.91. The van der Waals surface area contributed by atoms with Crippen LogP contribution in [-0.4, -0.2) is 77.1 Å². The van der Waals surface area contributed by atoms with E-state index in [9.17, 15) is 0 Å². The van der Waals surface area contributed by atoms with Gasteiger partial charge in [0.1, 0.15) is 5.76 Å². The van der Waals surface area contributed by atoms with Crippen molar-refractivity contribution in [2.24, 2.45) is 10.4 Å². The predicted octanol–water partition coefficient (Wildman–Crippen LogP) is 1.90. The van der Waals surface area contributed by atoms with Crippen LogP contribution in [0.15, 0.2) is 27.8 Å². The van der Waals surface area contributed by atoms with Gasteiger partial charge in [0.05, 0.1) is 19.5 Å².